The van der Waals surface area contributed by atoms with Crippen molar-refractivity contribution in [3.63, 3.8) is 0 Å². The third kappa shape index (κ3) is 4.35. The molecule has 7 rings (SSSR count). The van der Waals surface area contributed by atoms with Gasteiger partial charge in [0.25, 0.3) is 0 Å². The van der Waals surface area contributed by atoms with Crippen LogP contribution in [0.1, 0.15) is 69.3 Å². The molecule has 8 heteroatoms. The number of carbonyl (C=O) groups is 3. The fourth-order valence-corrected chi connectivity index (χ4v) is 10.4. The van der Waals surface area contributed by atoms with Gasteiger partial charge in [0.2, 0.25) is 5.76 Å². The maximum absolute atomic E-state index is 14.6. The number of hydrogen-bond acceptors (Lipinski definition) is 8. The van der Waals surface area contributed by atoms with Crippen LogP contribution in [0.15, 0.2) is 76.0 Å². The number of fused-ring (bicyclic) bond motifs is 6. The largest absolute Gasteiger partial charge is 0.457 e. The van der Waals surface area contributed by atoms with E-state index in [1.807, 2.05) is 36.4 Å². The Kier molecular flexibility index (Phi) is 6.93. The van der Waals surface area contributed by atoms with Crippen LogP contribution in [0, 0.1) is 28.6 Å². The molecule has 224 valence electrons. The molecule has 4 aliphatic carbocycles. The average molecular weight is 600 g/mol. The number of nitrogens with zero attached hydrogens (tertiary/aromatic N) is 1. The number of aliphatic hydroxyl groups is 1. The Morgan fingerprint density at radius 2 is 1.93 bits per heavy atom. The van der Waals surface area contributed by atoms with E-state index in [0.29, 0.717) is 19.3 Å². The van der Waals surface area contributed by atoms with Crippen LogP contribution in [-0.2, 0) is 14.3 Å². The zero-order chi connectivity index (χ0) is 30.0. The minimum absolute atomic E-state index is 0.000361. The highest BCUT2D eigenvalue weighted by Crippen LogP contribution is 2.68. The highest BCUT2D eigenvalue weighted by Gasteiger charge is 2.70. The number of aromatic nitrogens is 1. The molecular weight excluding hydrogens is 562 g/mol. The predicted octanol–water partition coefficient (Wildman–Crippen LogP) is 6.59. The van der Waals surface area contributed by atoms with Crippen molar-refractivity contribution >= 4 is 40.1 Å². The average Bonchev–Trinajstić information content (AvgIpc) is 3.63. The van der Waals surface area contributed by atoms with Gasteiger partial charge in [0.1, 0.15) is 5.03 Å². The van der Waals surface area contributed by atoms with Crippen LogP contribution in [0.2, 0.25) is 0 Å². The van der Waals surface area contributed by atoms with E-state index in [0.717, 1.165) is 47.1 Å². The first kappa shape index (κ1) is 28.5. The molecule has 0 amide bonds. The lowest BCUT2D eigenvalue weighted by molar-refractivity contribution is -0.180. The van der Waals surface area contributed by atoms with E-state index in [9.17, 15) is 19.5 Å². The molecule has 0 bridgehead atoms. The van der Waals surface area contributed by atoms with Crippen molar-refractivity contribution < 1.29 is 28.6 Å². The normalized spacial score (nSPS) is 35.0. The molecule has 0 aliphatic heterocycles. The van der Waals surface area contributed by atoms with Crippen LogP contribution >= 0.6 is 11.8 Å². The van der Waals surface area contributed by atoms with Crippen LogP contribution in [-0.4, -0.2) is 45.1 Å². The highest BCUT2D eigenvalue weighted by molar-refractivity contribution is 8.00. The monoisotopic (exact) mass is 599 g/mol. The standard InChI is InChI=1S/C35H37NO6S/c1-33-14-11-23(37)18-22(33)9-10-25-26-12-15-35(34(26,2)19-27(38)30(25)33,42-32(40)28-8-5-17-41-28)29(39)20-43-31-24-7-4-3-6-21(24)13-16-36-31/h3-8,13,16-18,25-27,30,38H,9-12,14-15,19-20H2,1-2H3/t25?,26?,27-,30?,33?,34?,35-/m0/s1. The molecule has 43 heavy (non-hydrogen) atoms. The van der Waals surface area contributed by atoms with Crippen molar-refractivity contribution in [2.75, 3.05) is 5.75 Å². The summed E-state index contributed by atoms with van der Waals surface area (Å²) in [5, 5.41) is 14.7. The third-order valence-electron chi connectivity index (χ3n) is 11.4. The SMILES string of the molecule is CC12CCC(=O)C=C1CCC1C2[C@@H](O)CC2(C)C1CC[C@]2(OC(=O)c1ccco1)C(=O)CSc1nccc2ccccc12. The van der Waals surface area contributed by atoms with Crippen LogP contribution in [0.25, 0.3) is 10.8 Å². The first-order valence-electron chi connectivity index (χ1n) is 15.3. The molecule has 0 spiro atoms. The van der Waals surface area contributed by atoms with Gasteiger partial charge < -0.3 is 14.3 Å². The van der Waals surface area contributed by atoms with Crippen LogP contribution in [0.3, 0.4) is 0 Å². The van der Waals surface area contributed by atoms with Crippen molar-refractivity contribution in [3.05, 3.63) is 72.3 Å². The summed E-state index contributed by atoms with van der Waals surface area (Å²) in [7, 11) is 0. The van der Waals surface area contributed by atoms with Crippen LogP contribution in [0.4, 0.5) is 0 Å². The summed E-state index contributed by atoms with van der Waals surface area (Å²) in [4.78, 5) is 44.9. The number of ether oxygens (including phenoxy) is 1. The van der Waals surface area contributed by atoms with E-state index in [-0.39, 0.29) is 46.2 Å². The lowest BCUT2D eigenvalue weighted by Crippen LogP contribution is -2.63. The van der Waals surface area contributed by atoms with E-state index >= 15 is 0 Å². The molecule has 0 saturated heterocycles. The van der Waals surface area contributed by atoms with Gasteiger partial charge in [0.05, 0.1) is 18.1 Å². The molecule has 5 unspecified atom stereocenters. The summed E-state index contributed by atoms with van der Waals surface area (Å²) in [5.41, 5.74) is -1.25. The number of thioether (sulfide) groups is 1. The molecule has 7 nitrogen and oxygen atoms in total. The molecule has 1 aromatic carbocycles. The summed E-state index contributed by atoms with van der Waals surface area (Å²) in [6.07, 6.45) is 8.70. The van der Waals surface area contributed by atoms with Gasteiger partial charge in [-0.2, -0.15) is 0 Å². The second kappa shape index (κ2) is 10.4. The number of carbonyl (C=O) groups excluding carboxylic acids is 3. The predicted molar refractivity (Wildman–Crippen MR) is 162 cm³/mol. The number of furan rings is 1. The number of pyridine rings is 1. The maximum atomic E-state index is 14.6. The van der Waals surface area contributed by atoms with Crippen molar-refractivity contribution in [2.24, 2.45) is 28.6 Å². The first-order valence-corrected chi connectivity index (χ1v) is 16.3. The zero-order valence-electron chi connectivity index (χ0n) is 24.6. The lowest BCUT2D eigenvalue weighted by Gasteiger charge is -2.60. The minimum atomic E-state index is -1.41. The molecule has 3 saturated carbocycles. The van der Waals surface area contributed by atoms with Gasteiger partial charge in [0.15, 0.2) is 17.2 Å². The van der Waals surface area contributed by atoms with E-state index in [1.165, 1.54) is 18.0 Å². The molecular formula is C35H37NO6S. The maximum Gasteiger partial charge on any atom is 0.375 e. The molecule has 2 heterocycles. The van der Waals surface area contributed by atoms with Crippen LogP contribution < -0.4 is 0 Å². The molecule has 3 fully saturated rings. The van der Waals surface area contributed by atoms with Gasteiger partial charge in [-0.3, -0.25) is 9.59 Å². The van der Waals surface area contributed by atoms with Crippen LogP contribution in [0.5, 0.6) is 0 Å². The fraction of sp³-hybridized carbons (Fsp3) is 0.486. The molecule has 7 atom stereocenters. The number of aliphatic hydroxyl groups excluding tert-OH is 1. The van der Waals surface area contributed by atoms with Gasteiger partial charge in [0, 0.05) is 23.4 Å². The topological polar surface area (TPSA) is 107 Å². The molecule has 3 aromatic rings. The van der Waals surface area contributed by atoms with Crippen molar-refractivity contribution in [1.29, 1.82) is 0 Å². The molecule has 1 N–H and O–H groups in total. The Morgan fingerprint density at radius 3 is 2.74 bits per heavy atom. The van der Waals surface area contributed by atoms with Gasteiger partial charge in [-0.05, 0) is 91.4 Å². The van der Waals surface area contributed by atoms with Gasteiger partial charge in [-0.1, -0.05) is 55.4 Å². The van der Waals surface area contributed by atoms with Crippen molar-refractivity contribution in [3.8, 4) is 0 Å². The highest BCUT2D eigenvalue weighted by atomic mass is 32.2. The van der Waals surface area contributed by atoms with Gasteiger partial charge in [-0.25, -0.2) is 9.78 Å². The molecule has 4 aliphatic rings. The molecule has 0 radical (unpaired) electrons. The van der Waals surface area contributed by atoms with Crippen molar-refractivity contribution in [2.45, 2.75) is 75.5 Å². The number of Topliss-reactive ketones (excluding diaryl/α,β-unsaturated/α-hetero) is 1. The number of benzene rings is 1. The van der Waals surface area contributed by atoms with Crippen molar-refractivity contribution in [1.82, 2.24) is 4.98 Å². The minimum Gasteiger partial charge on any atom is -0.457 e. The molecule has 2 aromatic heterocycles. The van der Waals surface area contributed by atoms with E-state index in [2.05, 4.69) is 18.8 Å². The summed E-state index contributed by atoms with van der Waals surface area (Å²) in [6, 6.07) is 13.1. The second-order valence-corrected chi connectivity index (χ2v) is 14.3. The number of hydrogen-bond donors (Lipinski definition) is 1. The Labute approximate surface area is 255 Å². The van der Waals surface area contributed by atoms with E-state index in [4.69, 9.17) is 9.15 Å². The summed E-state index contributed by atoms with van der Waals surface area (Å²) in [6.45, 7) is 4.27. The number of allylic oxidation sites excluding steroid dienone is 1. The summed E-state index contributed by atoms with van der Waals surface area (Å²) >= 11 is 1.37. The van der Waals surface area contributed by atoms with E-state index < -0.39 is 23.1 Å². The Hall–Kier alpha value is -3.23. The number of rotatable bonds is 6. The van der Waals surface area contributed by atoms with E-state index in [1.54, 1.807) is 18.3 Å². The van der Waals surface area contributed by atoms with Gasteiger partial charge in [-0.15, -0.1) is 0 Å². The second-order valence-electron chi connectivity index (χ2n) is 13.4. The Bertz CT molecular complexity index is 1630. The Balaban J connectivity index is 1.24. The summed E-state index contributed by atoms with van der Waals surface area (Å²) < 4.78 is 11.7. The smallest absolute Gasteiger partial charge is 0.375 e. The third-order valence-corrected chi connectivity index (χ3v) is 12.4. The first-order chi connectivity index (χ1) is 20.7. The Morgan fingerprint density at radius 1 is 1.09 bits per heavy atom. The number of ketones is 2. The zero-order valence-corrected chi connectivity index (χ0v) is 25.4. The number of esters is 1. The lowest BCUT2D eigenvalue weighted by atomic mass is 9.45. The summed E-state index contributed by atoms with van der Waals surface area (Å²) in [5.74, 6) is -0.242. The fourth-order valence-electron chi connectivity index (χ4n) is 9.42. The van der Waals surface area contributed by atoms with Gasteiger partial charge >= 0.3 is 5.97 Å². The quantitative estimate of drug-likeness (QED) is 0.250.